The molecule has 1 N–H and O–H groups in total. The molecule has 0 saturated carbocycles. The van der Waals surface area contributed by atoms with Gasteiger partial charge < -0.3 is 5.32 Å². The third-order valence-electron chi connectivity index (χ3n) is 2.76. The van der Waals surface area contributed by atoms with Crippen LogP contribution in [0.25, 0.3) is 0 Å². The van der Waals surface area contributed by atoms with Gasteiger partial charge >= 0.3 is 0 Å². The molecule has 0 spiro atoms. The van der Waals surface area contributed by atoms with Gasteiger partial charge in [0.2, 0.25) is 0 Å². The minimum Gasteiger partial charge on any atom is -0.350 e. The number of nitrogens with zero attached hydrogens (tertiary/aromatic N) is 2. The smallest absolute Gasteiger partial charge is 0.271 e. The number of carbonyl (C=O) groups excluding carboxylic acids is 1. The number of nitrogens with one attached hydrogen (secondary N) is 1. The number of aromatic nitrogens is 2. The molecular formula is C14H13ClFN3OS. The molecule has 0 aliphatic rings. The predicted molar refractivity (Wildman–Crippen MR) is 81.3 cm³/mol. The summed E-state index contributed by atoms with van der Waals surface area (Å²) in [4.78, 5) is 20.1. The Balaban J connectivity index is 1.98. The van der Waals surface area contributed by atoms with Crippen LogP contribution in [0.15, 0.2) is 35.6 Å². The fourth-order valence-electron chi connectivity index (χ4n) is 1.70. The Morgan fingerprint density at radius 2 is 2.19 bits per heavy atom. The fraction of sp³-hybridized carbons (Fsp3) is 0.214. The van der Waals surface area contributed by atoms with Crippen LogP contribution in [0.4, 0.5) is 4.39 Å². The van der Waals surface area contributed by atoms with E-state index in [1.54, 1.807) is 18.2 Å². The van der Waals surface area contributed by atoms with Gasteiger partial charge in [-0.3, -0.25) is 4.79 Å². The first kappa shape index (κ1) is 15.7. The second kappa shape index (κ2) is 7.38. The van der Waals surface area contributed by atoms with Crippen LogP contribution in [0.2, 0.25) is 5.02 Å². The van der Waals surface area contributed by atoms with E-state index in [9.17, 15) is 9.18 Å². The van der Waals surface area contributed by atoms with Gasteiger partial charge in [0.1, 0.15) is 5.82 Å². The van der Waals surface area contributed by atoms with Gasteiger partial charge in [-0.15, -0.1) is 0 Å². The van der Waals surface area contributed by atoms with Crippen LogP contribution in [-0.4, -0.2) is 28.7 Å². The first-order valence-electron chi connectivity index (χ1n) is 6.20. The summed E-state index contributed by atoms with van der Waals surface area (Å²) in [6.07, 6.45) is 3.60. The Morgan fingerprint density at radius 1 is 1.43 bits per heavy atom. The van der Waals surface area contributed by atoms with E-state index in [4.69, 9.17) is 11.6 Å². The molecule has 1 aromatic heterocycles. The van der Waals surface area contributed by atoms with Crippen molar-refractivity contribution >= 4 is 29.3 Å². The number of hydrogen-bond donors (Lipinski definition) is 1. The number of carbonyl (C=O) groups is 1. The second-order valence-electron chi connectivity index (χ2n) is 4.15. The molecule has 2 aromatic rings. The van der Waals surface area contributed by atoms with Crippen LogP contribution in [0.3, 0.4) is 0 Å². The maximum Gasteiger partial charge on any atom is 0.271 e. The minimum atomic E-state index is -0.394. The maximum absolute atomic E-state index is 13.4. The van der Waals surface area contributed by atoms with Crippen LogP contribution in [0, 0.1) is 5.82 Å². The molecule has 2 rings (SSSR count). The second-order valence-corrected chi connectivity index (χ2v) is 5.33. The van der Waals surface area contributed by atoms with Crippen LogP contribution in [-0.2, 0) is 6.42 Å². The summed E-state index contributed by atoms with van der Waals surface area (Å²) in [5.74, 6) is -0.675. The van der Waals surface area contributed by atoms with Crippen molar-refractivity contribution in [3.63, 3.8) is 0 Å². The lowest BCUT2D eigenvalue weighted by molar-refractivity contribution is 0.0948. The zero-order chi connectivity index (χ0) is 15.2. The highest BCUT2D eigenvalue weighted by atomic mass is 35.5. The average molecular weight is 326 g/mol. The number of thioether (sulfide) groups is 1. The van der Waals surface area contributed by atoms with E-state index in [2.05, 4.69) is 15.3 Å². The molecule has 0 bridgehead atoms. The van der Waals surface area contributed by atoms with Crippen LogP contribution in [0.1, 0.15) is 16.1 Å². The molecule has 0 radical (unpaired) electrons. The van der Waals surface area contributed by atoms with Crippen molar-refractivity contribution in [3.8, 4) is 0 Å². The topological polar surface area (TPSA) is 54.9 Å². The zero-order valence-electron chi connectivity index (χ0n) is 11.3. The van der Waals surface area contributed by atoms with Gasteiger partial charge in [-0.25, -0.2) is 14.4 Å². The molecule has 21 heavy (non-hydrogen) atoms. The molecule has 1 aromatic carbocycles. The summed E-state index contributed by atoms with van der Waals surface area (Å²) in [5, 5.41) is 3.34. The molecule has 0 unspecified atom stereocenters. The molecule has 0 fully saturated rings. The van der Waals surface area contributed by atoms with Crippen molar-refractivity contribution in [2.45, 2.75) is 11.6 Å². The van der Waals surface area contributed by atoms with E-state index in [-0.39, 0.29) is 16.5 Å². The standard InChI is InChI=1S/C14H13ClFN3OS/c1-21-14-18-8-10(15)12(19-14)13(20)17-7-6-9-4-2-3-5-11(9)16/h2-5,8H,6-7H2,1H3,(H,17,20). The predicted octanol–water partition coefficient (Wildman–Crippen LogP) is 2.96. The minimum absolute atomic E-state index is 0.129. The Morgan fingerprint density at radius 3 is 2.90 bits per heavy atom. The van der Waals surface area contributed by atoms with Gasteiger partial charge in [0, 0.05) is 6.54 Å². The van der Waals surface area contributed by atoms with Crippen LogP contribution in [0.5, 0.6) is 0 Å². The number of amides is 1. The van der Waals surface area contributed by atoms with Crippen molar-refractivity contribution < 1.29 is 9.18 Å². The van der Waals surface area contributed by atoms with Crippen molar-refractivity contribution in [1.29, 1.82) is 0 Å². The number of halogens is 2. The van der Waals surface area contributed by atoms with Gasteiger partial charge in [0.15, 0.2) is 10.9 Å². The molecule has 0 aliphatic carbocycles. The molecule has 7 heteroatoms. The van der Waals surface area contributed by atoms with E-state index in [0.29, 0.717) is 23.7 Å². The lowest BCUT2D eigenvalue weighted by Gasteiger charge is -2.07. The van der Waals surface area contributed by atoms with Crippen molar-refractivity contribution in [1.82, 2.24) is 15.3 Å². The number of rotatable bonds is 5. The molecular weight excluding hydrogens is 313 g/mol. The van der Waals surface area contributed by atoms with Crippen molar-refractivity contribution in [2.75, 3.05) is 12.8 Å². The first-order valence-corrected chi connectivity index (χ1v) is 7.80. The molecule has 0 saturated heterocycles. The van der Waals surface area contributed by atoms with Gasteiger partial charge in [-0.2, -0.15) is 0 Å². The Labute approximate surface area is 131 Å². The molecule has 4 nitrogen and oxygen atoms in total. The van der Waals surface area contributed by atoms with Gasteiger partial charge in [-0.1, -0.05) is 41.6 Å². The molecule has 1 amide bonds. The summed E-state index contributed by atoms with van der Waals surface area (Å²) in [6, 6.07) is 6.46. The summed E-state index contributed by atoms with van der Waals surface area (Å²) in [6.45, 7) is 0.300. The summed E-state index contributed by atoms with van der Waals surface area (Å²) >= 11 is 7.24. The van der Waals surface area contributed by atoms with Crippen LogP contribution < -0.4 is 5.32 Å². The first-order chi connectivity index (χ1) is 10.1. The summed E-state index contributed by atoms with van der Waals surface area (Å²) in [7, 11) is 0. The highest BCUT2D eigenvalue weighted by Crippen LogP contribution is 2.16. The average Bonchev–Trinajstić information content (AvgIpc) is 2.49. The summed E-state index contributed by atoms with van der Waals surface area (Å²) < 4.78 is 13.4. The van der Waals surface area contributed by atoms with E-state index >= 15 is 0 Å². The summed E-state index contributed by atoms with van der Waals surface area (Å²) in [5.41, 5.74) is 0.681. The molecule has 110 valence electrons. The Bertz CT molecular complexity index is 654. The highest BCUT2D eigenvalue weighted by Gasteiger charge is 2.13. The SMILES string of the molecule is CSc1ncc(Cl)c(C(=O)NCCc2ccccc2F)n1. The van der Waals surface area contributed by atoms with Gasteiger partial charge in [-0.05, 0) is 24.3 Å². The number of hydrogen-bond acceptors (Lipinski definition) is 4. The third kappa shape index (κ3) is 4.15. The lowest BCUT2D eigenvalue weighted by Crippen LogP contribution is -2.27. The Hall–Kier alpha value is -1.66. The normalized spacial score (nSPS) is 10.4. The largest absolute Gasteiger partial charge is 0.350 e. The van der Waals surface area contributed by atoms with Crippen molar-refractivity contribution in [2.24, 2.45) is 0 Å². The van der Waals surface area contributed by atoms with E-state index < -0.39 is 5.91 Å². The van der Waals surface area contributed by atoms with E-state index in [1.165, 1.54) is 24.0 Å². The quantitative estimate of drug-likeness (QED) is 0.678. The lowest BCUT2D eigenvalue weighted by atomic mass is 10.1. The van der Waals surface area contributed by atoms with Crippen LogP contribution >= 0.6 is 23.4 Å². The van der Waals surface area contributed by atoms with Gasteiger partial charge in [0.05, 0.1) is 11.2 Å². The highest BCUT2D eigenvalue weighted by molar-refractivity contribution is 7.98. The Kier molecular flexibility index (Phi) is 5.52. The van der Waals surface area contributed by atoms with Crippen molar-refractivity contribution in [3.05, 3.63) is 52.6 Å². The maximum atomic E-state index is 13.4. The zero-order valence-corrected chi connectivity index (χ0v) is 12.8. The van der Waals surface area contributed by atoms with Gasteiger partial charge in [0.25, 0.3) is 5.91 Å². The number of benzene rings is 1. The fourth-order valence-corrected chi connectivity index (χ4v) is 2.22. The molecule has 0 aliphatic heterocycles. The van der Waals surface area contributed by atoms with E-state index in [1.807, 2.05) is 6.26 Å². The molecule has 1 heterocycles. The monoisotopic (exact) mass is 325 g/mol. The molecule has 0 atom stereocenters. The van der Waals surface area contributed by atoms with E-state index in [0.717, 1.165) is 0 Å². The third-order valence-corrected chi connectivity index (χ3v) is 3.60.